The molecule has 0 aliphatic heterocycles. The SMILES string of the molecule is C#CCOCc1ccc(-c2nn(C)cc2C(=O)NC(Cc2ccccc2)C(=O)CF)c(F)c1.Cc1ccncc1-c1nn(C(F)F)cc1C(=O)NC(Cc1ccccc1)C(=O)C(N)=O.Cn1cc(C(=O)NC(C=O)Cc2ccccc2)c(-c2ccccc2F)n1.Cn1cc(C(=O)NC(C=O)c2ccccc2C(F)(F)F)c(-c2ccccc2F)n1.Cn1cc(C(=O)NC(Cc2ccccc2)C(=O)C(N)=O)c(-c2cc(F)ccc2F)n1. The first-order valence-corrected chi connectivity index (χ1v) is 45.0. The van der Waals surface area contributed by atoms with E-state index in [0.29, 0.717) is 45.2 Å². The van der Waals surface area contributed by atoms with Crippen LogP contribution in [0.1, 0.15) is 109 Å². The number of halogens is 11. The van der Waals surface area contributed by atoms with E-state index in [1.54, 1.807) is 142 Å². The van der Waals surface area contributed by atoms with Crippen molar-refractivity contribution < 1.29 is 111 Å². The number of ether oxygens (including phenoxy) is 1. The second kappa shape index (κ2) is 52.2. The van der Waals surface area contributed by atoms with E-state index in [1.165, 1.54) is 119 Å². The molecule has 0 spiro atoms. The number of aryl methyl sites for hydroxylation is 5. The molecule has 9 aromatic carbocycles. The van der Waals surface area contributed by atoms with Gasteiger partial charge in [0, 0.05) is 112 Å². The molecule has 31 nitrogen and oxygen atoms in total. The average Bonchev–Trinajstić information content (AvgIpc) is 1.71. The van der Waals surface area contributed by atoms with Crippen molar-refractivity contribution >= 4 is 71.3 Å². The minimum absolute atomic E-state index is 0.00140. The monoisotopic (exact) mass is 2050 g/mol. The van der Waals surface area contributed by atoms with E-state index in [9.17, 15) is 106 Å². The Balaban J connectivity index is 0.000000177. The molecule has 0 radical (unpaired) electrons. The zero-order valence-corrected chi connectivity index (χ0v) is 79.7. The zero-order valence-electron chi connectivity index (χ0n) is 79.7. The average molecular weight is 2050 g/mol. The van der Waals surface area contributed by atoms with Crippen molar-refractivity contribution in [3.63, 3.8) is 0 Å². The van der Waals surface area contributed by atoms with Crippen LogP contribution in [0.25, 0.3) is 56.3 Å². The molecule has 0 aliphatic carbocycles. The van der Waals surface area contributed by atoms with Crippen molar-refractivity contribution in [2.75, 3.05) is 13.3 Å². The summed E-state index contributed by atoms with van der Waals surface area (Å²) >= 11 is 0. The zero-order chi connectivity index (χ0) is 108. The molecule has 7 amide bonds. The third-order valence-electron chi connectivity index (χ3n) is 22.2. The first-order valence-electron chi connectivity index (χ1n) is 45.0. The first kappa shape index (κ1) is 111. The van der Waals surface area contributed by atoms with Crippen molar-refractivity contribution in [3.05, 3.63) is 381 Å². The highest BCUT2D eigenvalue weighted by Crippen LogP contribution is 2.37. The number of pyridine rings is 1. The number of amides is 7. The lowest BCUT2D eigenvalue weighted by Crippen LogP contribution is -2.47. The molecule has 6 heterocycles. The number of hydrogen-bond acceptors (Lipinski definition) is 19. The van der Waals surface area contributed by atoms with Crippen molar-refractivity contribution in [2.45, 2.75) is 82.1 Å². The quantitative estimate of drug-likeness (QED) is 0.00630. The first-order chi connectivity index (χ1) is 71.3. The van der Waals surface area contributed by atoms with Gasteiger partial charge in [-0.2, -0.15) is 47.4 Å². The van der Waals surface area contributed by atoms with E-state index < -0.39 is 143 Å². The molecule has 0 saturated heterocycles. The van der Waals surface area contributed by atoms with Crippen LogP contribution in [-0.4, -0.2) is 163 Å². The van der Waals surface area contributed by atoms with Crippen molar-refractivity contribution in [2.24, 2.45) is 39.7 Å². The van der Waals surface area contributed by atoms with E-state index in [0.717, 1.165) is 47.7 Å². The molecule has 0 saturated carbocycles. The highest BCUT2D eigenvalue weighted by Gasteiger charge is 2.38. The molecule has 6 aromatic heterocycles. The Morgan fingerprint density at radius 2 is 0.812 bits per heavy atom. The number of hydrogen-bond donors (Lipinski definition) is 7. The van der Waals surface area contributed by atoms with Gasteiger partial charge < -0.3 is 52.4 Å². The summed E-state index contributed by atoms with van der Waals surface area (Å²) in [5, 5.41) is 32.8. The topological polar surface area (TPSA) is 428 Å². The Morgan fingerprint density at radius 1 is 0.423 bits per heavy atom. The molecule has 15 rings (SSSR count). The van der Waals surface area contributed by atoms with Crippen LogP contribution in [0.5, 0.6) is 0 Å². The lowest BCUT2D eigenvalue weighted by atomic mass is 10.00. The Morgan fingerprint density at radius 3 is 1.23 bits per heavy atom. The maximum absolute atomic E-state index is 14.8. The summed E-state index contributed by atoms with van der Waals surface area (Å²) in [6.45, 7) is -2.23. The summed E-state index contributed by atoms with van der Waals surface area (Å²) < 4.78 is 161. The van der Waals surface area contributed by atoms with Gasteiger partial charge in [0.1, 0.15) is 102 Å². The number of Topliss-reactive ketones (excluding diaryl/α,β-unsaturated/α-hetero) is 3. The van der Waals surface area contributed by atoms with Gasteiger partial charge >= 0.3 is 12.7 Å². The number of nitrogens with two attached hydrogens (primary N) is 2. The van der Waals surface area contributed by atoms with Gasteiger partial charge in [0.25, 0.3) is 41.4 Å². The van der Waals surface area contributed by atoms with Gasteiger partial charge in [-0.25, -0.2) is 31.0 Å². The van der Waals surface area contributed by atoms with E-state index in [2.05, 4.69) is 63.0 Å². The molecule has 149 heavy (non-hydrogen) atoms. The number of rotatable bonds is 36. The molecular formula is C107H93F11N18O13. The molecule has 5 unspecified atom stereocenters. The summed E-state index contributed by atoms with van der Waals surface area (Å²) in [6.07, 6.45) is 11.2. The summed E-state index contributed by atoms with van der Waals surface area (Å²) in [5.41, 5.74) is 13.9. The van der Waals surface area contributed by atoms with Crippen LogP contribution >= 0.6 is 0 Å². The standard InChI is InChI=1S/C25H23F2N3O3.C21H19F2N5O3.C21H18F2N4O3.C20H15F4N3O2.C20H18FN3O2/c1-3-11-33-16-18-9-10-19(21(27)12-18)24-20(15-30(2)29-24)25(32)28-22(23(31)14-26)13-17-7-5-4-6-8-17;1-12-7-8-25-10-14(12)17-15(11-28(27-17)21(22)23)20(31)26-16(18(29)19(24)30)9-13-5-3-2-4-6-13;1-27-11-15(18(26-27)14-10-13(22)7-8-16(14)23)21(30)25-17(19(28)20(24)29)9-12-5-3-2-4-6-12;1-27-10-14(18(26-27)13-7-3-5-9-16(13)21)19(29)25-17(11-28)12-6-2-4-8-15(12)20(22,23)24;1-24-12-17(19(23-24)16-9-5-6-10-18(16)21)20(26)22-15(13-25)11-14-7-3-2-4-8-14/h1,4-10,12,15,22H,11,13-14,16H2,2H3,(H,28,32);2-8,10-11,16,21H,9H2,1H3,(H2,24,30)(H,26,31);2-8,10-11,17H,9H2,1H3,(H2,24,29)(H,25,30);2-11,17H,1H3,(H,25,29);2-10,12-13,15H,11H2,1H3,(H,22,26). The largest absolute Gasteiger partial charge is 0.416 e. The fraction of sp³-hybridized carbons (Fsp3) is 0.178. The number of carbonyl (C=O) groups is 12. The Kier molecular flexibility index (Phi) is 38.9. The van der Waals surface area contributed by atoms with Crippen molar-refractivity contribution in [1.82, 2.24) is 80.5 Å². The number of nitrogens with zero attached hydrogens (tertiary/aromatic N) is 11. The summed E-state index contributed by atoms with van der Waals surface area (Å²) in [7, 11) is 6.27. The van der Waals surface area contributed by atoms with E-state index >= 15 is 0 Å². The maximum atomic E-state index is 14.8. The number of aromatic nitrogens is 11. The van der Waals surface area contributed by atoms with Crippen LogP contribution in [0.15, 0.2) is 280 Å². The second-order valence-corrected chi connectivity index (χ2v) is 33.0. The third kappa shape index (κ3) is 30.1. The fourth-order valence-corrected chi connectivity index (χ4v) is 15.1. The Labute approximate surface area is 843 Å². The third-order valence-corrected chi connectivity index (χ3v) is 22.2. The smallest absolute Gasteiger partial charge is 0.364 e. The number of alkyl halides is 6. The van der Waals surface area contributed by atoms with Crippen molar-refractivity contribution in [3.8, 4) is 68.6 Å². The fourth-order valence-electron chi connectivity index (χ4n) is 15.1. The van der Waals surface area contributed by atoms with Crippen LogP contribution in [0.2, 0.25) is 0 Å². The van der Waals surface area contributed by atoms with Gasteiger partial charge in [-0.15, -0.1) is 6.42 Å². The maximum Gasteiger partial charge on any atom is 0.416 e. The molecule has 0 fully saturated rings. The number of carbonyl (C=O) groups excluding carboxylic acids is 12. The number of nitrogens with one attached hydrogen (secondary N) is 5. The molecular weight excluding hydrogens is 1950 g/mol. The van der Waals surface area contributed by atoms with Gasteiger partial charge in [0.05, 0.1) is 52.1 Å². The predicted molar refractivity (Wildman–Crippen MR) is 523 cm³/mol. The number of primary amides is 2. The summed E-state index contributed by atoms with van der Waals surface area (Å²) in [6, 6.07) is 55.1. The van der Waals surface area contributed by atoms with Gasteiger partial charge in [-0.1, -0.05) is 176 Å². The summed E-state index contributed by atoms with van der Waals surface area (Å²) in [4.78, 5) is 151. The number of ketones is 3. The number of benzene rings is 9. The van der Waals surface area contributed by atoms with Gasteiger partial charge in [0.15, 0.2) is 5.78 Å². The highest BCUT2D eigenvalue weighted by molar-refractivity contribution is 6.38. The predicted octanol–water partition coefficient (Wildman–Crippen LogP) is 13.7. The Hall–Kier alpha value is -18.4. The van der Waals surface area contributed by atoms with E-state index in [4.69, 9.17) is 22.6 Å². The molecule has 5 atom stereocenters. The Bertz CT molecular complexity index is 7380. The minimum Gasteiger partial charge on any atom is -0.364 e. The van der Waals surface area contributed by atoms with Crippen LogP contribution in [-0.2, 0) is 105 Å². The number of aldehydes is 2. The molecule has 15 aromatic rings. The van der Waals surface area contributed by atoms with Gasteiger partial charge in [0.2, 0.25) is 11.6 Å². The molecule has 0 bridgehead atoms. The van der Waals surface area contributed by atoms with Crippen LogP contribution in [0.4, 0.5) is 48.3 Å². The van der Waals surface area contributed by atoms with Crippen LogP contribution in [0, 0.1) is 48.4 Å². The van der Waals surface area contributed by atoms with Crippen LogP contribution in [0.3, 0.4) is 0 Å². The second-order valence-electron chi connectivity index (χ2n) is 33.0. The molecule has 766 valence electrons. The molecule has 9 N–H and O–H groups in total. The highest BCUT2D eigenvalue weighted by atomic mass is 19.4. The lowest BCUT2D eigenvalue weighted by Gasteiger charge is -2.18. The van der Waals surface area contributed by atoms with Gasteiger partial charge in [-0.05, 0) is 125 Å². The normalized spacial score (nSPS) is 11.9. The van der Waals surface area contributed by atoms with Crippen LogP contribution < -0.4 is 38.1 Å². The minimum atomic E-state index is -4.70. The van der Waals surface area contributed by atoms with E-state index in [1.807, 2.05) is 36.4 Å². The molecule has 0 aliphatic rings. The number of terminal acetylenes is 1. The van der Waals surface area contributed by atoms with Crippen molar-refractivity contribution in [1.29, 1.82) is 0 Å². The van der Waals surface area contributed by atoms with Gasteiger partial charge in [-0.3, -0.25) is 71.7 Å². The summed E-state index contributed by atoms with van der Waals surface area (Å²) in [5.74, 6) is -9.54. The molecule has 42 heteroatoms. The lowest BCUT2D eigenvalue weighted by molar-refractivity contribution is -0.138. The van der Waals surface area contributed by atoms with E-state index in [-0.39, 0.29) is 123 Å².